The Morgan fingerprint density at radius 2 is 2.20 bits per heavy atom. The third-order valence-corrected chi connectivity index (χ3v) is 4.64. The van der Waals surface area contributed by atoms with Gasteiger partial charge in [0.15, 0.2) is 0 Å². The average molecular weight is 281 g/mol. The molecule has 5 nitrogen and oxygen atoms in total. The molecule has 2 N–H and O–H groups in total. The highest BCUT2D eigenvalue weighted by molar-refractivity contribution is 5.82. The molecule has 3 rings (SSSR count). The number of carbonyl (C=O) groups is 1. The standard InChI is InChI=1S/C15H27N3O2/c19-15(17-13-4-5-13)14-11-20-10-9-18(14)8-6-12-3-1-2-7-16-12/h12-14,16H,1-11H2,(H,17,19). The number of nitrogens with zero attached hydrogens (tertiary/aromatic N) is 1. The zero-order chi connectivity index (χ0) is 13.8. The summed E-state index contributed by atoms with van der Waals surface area (Å²) < 4.78 is 5.51. The molecule has 0 bridgehead atoms. The number of rotatable bonds is 5. The van der Waals surface area contributed by atoms with Gasteiger partial charge in [0.05, 0.1) is 13.2 Å². The molecule has 1 saturated carbocycles. The summed E-state index contributed by atoms with van der Waals surface area (Å²) in [5.74, 6) is 0.170. The summed E-state index contributed by atoms with van der Waals surface area (Å²) in [7, 11) is 0. The van der Waals surface area contributed by atoms with Crippen molar-refractivity contribution in [3.8, 4) is 0 Å². The van der Waals surface area contributed by atoms with Crippen LogP contribution in [0, 0.1) is 0 Å². The van der Waals surface area contributed by atoms with Gasteiger partial charge in [-0.1, -0.05) is 6.42 Å². The molecule has 2 atom stereocenters. The molecule has 0 aromatic carbocycles. The van der Waals surface area contributed by atoms with E-state index in [1.807, 2.05) is 0 Å². The zero-order valence-corrected chi connectivity index (χ0v) is 12.3. The zero-order valence-electron chi connectivity index (χ0n) is 12.3. The van der Waals surface area contributed by atoms with E-state index in [2.05, 4.69) is 15.5 Å². The molecule has 2 unspecified atom stereocenters. The SMILES string of the molecule is O=C(NC1CC1)C1COCCN1CCC1CCCCN1. The maximum absolute atomic E-state index is 12.3. The lowest BCUT2D eigenvalue weighted by molar-refractivity contribution is -0.132. The van der Waals surface area contributed by atoms with Gasteiger partial charge < -0.3 is 15.4 Å². The first kappa shape index (κ1) is 14.3. The van der Waals surface area contributed by atoms with Crippen LogP contribution in [0.5, 0.6) is 0 Å². The van der Waals surface area contributed by atoms with E-state index in [-0.39, 0.29) is 11.9 Å². The van der Waals surface area contributed by atoms with Crippen LogP contribution in [0.1, 0.15) is 38.5 Å². The number of hydrogen-bond donors (Lipinski definition) is 2. The first-order valence-electron chi connectivity index (χ1n) is 8.18. The summed E-state index contributed by atoms with van der Waals surface area (Å²) in [4.78, 5) is 14.6. The molecule has 0 aromatic rings. The largest absolute Gasteiger partial charge is 0.378 e. The maximum atomic E-state index is 12.3. The van der Waals surface area contributed by atoms with Crippen molar-refractivity contribution in [2.24, 2.45) is 0 Å². The van der Waals surface area contributed by atoms with Crippen molar-refractivity contribution in [3.63, 3.8) is 0 Å². The average Bonchev–Trinajstić information content (AvgIpc) is 3.30. The van der Waals surface area contributed by atoms with E-state index < -0.39 is 0 Å². The first-order chi connectivity index (χ1) is 9.83. The van der Waals surface area contributed by atoms with Crippen LogP contribution in [0.4, 0.5) is 0 Å². The van der Waals surface area contributed by atoms with Gasteiger partial charge in [-0.3, -0.25) is 9.69 Å². The summed E-state index contributed by atoms with van der Waals surface area (Å²) >= 11 is 0. The van der Waals surface area contributed by atoms with E-state index in [0.29, 0.717) is 18.7 Å². The number of piperidine rings is 1. The predicted octanol–water partition coefficient (Wildman–Crippen LogP) is 0.498. The van der Waals surface area contributed by atoms with Crippen molar-refractivity contribution in [2.75, 3.05) is 32.8 Å². The fourth-order valence-corrected chi connectivity index (χ4v) is 3.16. The molecule has 0 radical (unpaired) electrons. The molecular weight excluding hydrogens is 254 g/mol. The fraction of sp³-hybridized carbons (Fsp3) is 0.933. The van der Waals surface area contributed by atoms with Crippen LogP contribution in [0.15, 0.2) is 0 Å². The Morgan fingerprint density at radius 1 is 1.30 bits per heavy atom. The minimum atomic E-state index is -0.0760. The van der Waals surface area contributed by atoms with E-state index in [1.165, 1.54) is 19.3 Å². The van der Waals surface area contributed by atoms with Crippen LogP contribution in [0.2, 0.25) is 0 Å². The number of hydrogen-bond acceptors (Lipinski definition) is 4. The van der Waals surface area contributed by atoms with Gasteiger partial charge in [0.1, 0.15) is 6.04 Å². The number of carbonyl (C=O) groups excluding carboxylic acids is 1. The van der Waals surface area contributed by atoms with Crippen molar-refractivity contribution in [3.05, 3.63) is 0 Å². The Labute approximate surface area is 121 Å². The van der Waals surface area contributed by atoms with Gasteiger partial charge >= 0.3 is 0 Å². The number of morpholine rings is 1. The summed E-state index contributed by atoms with van der Waals surface area (Å²) in [6, 6.07) is 0.998. The fourth-order valence-electron chi connectivity index (χ4n) is 3.16. The lowest BCUT2D eigenvalue weighted by atomic mass is 10.0. The quantitative estimate of drug-likeness (QED) is 0.770. The van der Waals surface area contributed by atoms with Crippen LogP contribution < -0.4 is 10.6 Å². The Kier molecular flexibility index (Phi) is 4.91. The monoisotopic (exact) mass is 281 g/mol. The van der Waals surface area contributed by atoms with Gasteiger partial charge in [-0.15, -0.1) is 0 Å². The lowest BCUT2D eigenvalue weighted by Crippen LogP contribution is -2.55. The third kappa shape index (κ3) is 3.93. The second kappa shape index (κ2) is 6.87. The molecule has 20 heavy (non-hydrogen) atoms. The highest BCUT2D eigenvalue weighted by Crippen LogP contribution is 2.20. The molecule has 2 aliphatic heterocycles. The van der Waals surface area contributed by atoms with Crippen LogP contribution in [0.25, 0.3) is 0 Å². The van der Waals surface area contributed by atoms with E-state index in [1.54, 1.807) is 0 Å². The van der Waals surface area contributed by atoms with Crippen LogP contribution >= 0.6 is 0 Å². The van der Waals surface area contributed by atoms with Crippen molar-refractivity contribution in [2.45, 2.75) is 56.7 Å². The Balaban J connectivity index is 1.47. The van der Waals surface area contributed by atoms with E-state index >= 15 is 0 Å². The summed E-state index contributed by atoms with van der Waals surface area (Å²) in [6.45, 7) is 4.35. The molecule has 5 heteroatoms. The minimum absolute atomic E-state index is 0.0760. The smallest absolute Gasteiger partial charge is 0.239 e. The molecule has 0 spiro atoms. The van der Waals surface area contributed by atoms with Gasteiger partial charge in [-0.05, 0) is 38.6 Å². The van der Waals surface area contributed by atoms with Gasteiger partial charge in [0.2, 0.25) is 5.91 Å². The number of ether oxygens (including phenoxy) is 1. The molecule has 1 amide bonds. The molecule has 2 saturated heterocycles. The second-order valence-corrected chi connectivity index (χ2v) is 6.35. The molecule has 0 aromatic heterocycles. The molecule has 1 aliphatic carbocycles. The van der Waals surface area contributed by atoms with Gasteiger partial charge in [-0.25, -0.2) is 0 Å². The van der Waals surface area contributed by atoms with Crippen LogP contribution in [-0.2, 0) is 9.53 Å². The van der Waals surface area contributed by atoms with Crippen molar-refractivity contribution in [1.82, 2.24) is 15.5 Å². The topological polar surface area (TPSA) is 53.6 Å². The normalized spacial score (nSPS) is 32.0. The summed E-state index contributed by atoms with van der Waals surface area (Å²) in [5.41, 5.74) is 0. The third-order valence-electron chi connectivity index (χ3n) is 4.64. The molecule has 3 aliphatic rings. The number of amides is 1. The number of nitrogens with one attached hydrogen (secondary N) is 2. The first-order valence-corrected chi connectivity index (χ1v) is 8.18. The van der Waals surface area contributed by atoms with E-state index in [9.17, 15) is 4.79 Å². The van der Waals surface area contributed by atoms with Crippen molar-refractivity contribution >= 4 is 5.91 Å². The summed E-state index contributed by atoms with van der Waals surface area (Å²) in [5, 5.41) is 6.70. The Hall–Kier alpha value is -0.650. The van der Waals surface area contributed by atoms with Gasteiger partial charge in [-0.2, -0.15) is 0 Å². The minimum Gasteiger partial charge on any atom is -0.378 e. The second-order valence-electron chi connectivity index (χ2n) is 6.35. The van der Waals surface area contributed by atoms with Gasteiger partial charge in [0, 0.05) is 25.2 Å². The lowest BCUT2D eigenvalue weighted by Gasteiger charge is -2.36. The van der Waals surface area contributed by atoms with E-state index in [0.717, 1.165) is 45.5 Å². The molecule has 2 heterocycles. The Bertz CT molecular complexity index is 327. The van der Waals surface area contributed by atoms with Gasteiger partial charge in [0.25, 0.3) is 0 Å². The predicted molar refractivity (Wildman–Crippen MR) is 77.6 cm³/mol. The molecule has 3 fully saturated rings. The Morgan fingerprint density at radius 3 is 2.95 bits per heavy atom. The van der Waals surface area contributed by atoms with Crippen LogP contribution in [0.3, 0.4) is 0 Å². The van der Waals surface area contributed by atoms with Crippen LogP contribution in [-0.4, -0.2) is 61.8 Å². The highest BCUT2D eigenvalue weighted by atomic mass is 16.5. The van der Waals surface area contributed by atoms with E-state index in [4.69, 9.17) is 4.74 Å². The maximum Gasteiger partial charge on any atom is 0.239 e. The molecular formula is C15H27N3O2. The van der Waals surface area contributed by atoms with Crippen molar-refractivity contribution < 1.29 is 9.53 Å². The van der Waals surface area contributed by atoms with Crippen molar-refractivity contribution in [1.29, 1.82) is 0 Å². The summed E-state index contributed by atoms with van der Waals surface area (Å²) in [6.07, 6.45) is 7.36. The highest BCUT2D eigenvalue weighted by Gasteiger charge is 2.33. The molecule has 114 valence electrons.